The van der Waals surface area contributed by atoms with Gasteiger partial charge in [0.05, 0.1) is 6.04 Å². The largest absolute Gasteiger partial charge is 0.480 e. The van der Waals surface area contributed by atoms with Crippen LogP contribution in [0.2, 0.25) is 0 Å². The summed E-state index contributed by atoms with van der Waals surface area (Å²) in [5.74, 6) is -2.66. The molecule has 1 aliphatic heterocycles. The first-order chi connectivity index (χ1) is 20.1. The summed E-state index contributed by atoms with van der Waals surface area (Å²) in [7, 11) is 0. The third-order valence-corrected chi connectivity index (χ3v) is 7.42. The van der Waals surface area contributed by atoms with Crippen LogP contribution in [0.15, 0.2) is 35.5 Å². The summed E-state index contributed by atoms with van der Waals surface area (Å²) in [6.45, 7) is 1.07. The first kappa shape index (κ1) is 32.3. The fraction of sp³-hybridized carbons (Fsp3) is 0.536. The number of benzene rings is 1. The second-order valence-corrected chi connectivity index (χ2v) is 10.6. The Labute approximate surface area is 244 Å². The minimum atomic E-state index is -1.19. The number of likely N-dealkylation sites (tertiary alicyclic amines) is 1. The number of hydrogen-bond acceptors (Lipinski definition) is 7. The molecule has 12 N–H and O–H groups in total. The number of carboxylic acid groups (broad SMARTS) is 1. The number of nitrogens with one attached hydrogen (secondary N) is 3. The maximum Gasteiger partial charge on any atom is 0.326 e. The number of carbonyl (C=O) groups is 4. The lowest BCUT2D eigenvalue weighted by Gasteiger charge is -2.30. The number of fused-ring (bicyclic) bond motifs is 1. The Bertz CT molecular complexity index is 1260. The first-order valence-corrected chi connectivity index (χ1v) is 14.3. The molecule has 1 aliphatic rings. The molecule has 0 bridgehead atoms. The van der Waals surface area contributed by atoms with E-state index in [1.807, 2.05) is 24.3 Å². The zero-order chi connectivity index (χ0) is 30.6. The number of nitrogens with zero attached hydrogens (tertiary/aromatic N) is 2. The molecule has 14 heteroatoms. The van der Waals surface area contributed by atoms with E-state index in [4.69, 9.17) is 22.9 Å². The maximum absolute atomic E-state index is 13.7. The van der Waals surface area contributed by atoms with Gasteiger partial charge in [0.25, 0.3) is 0 Å². The minimum Gasteiger partial charge on any atom is -0.480 e. The van der Waals surface area contributed by atoms with Crippen molar-refractivity contribution in [3.05, 3.63) is 36.0 Å². The fourth-order valence-corrected chi connectivity index (χ4v) is 5.17. The van der Waals surface area contributed by atoms with Crippen LogP contribution in [0.4, 0.5) is 0 Å². The van der Waals surface area contributed by atoms with Crippen LogP contribution in [-0.4, -0.2) is 88.4 Å². The highest BCUT2D eigenvalue weighted by atomic mass is 16.4. The fourth-order valence-electron chi connectivity index (χ4n) is 5.17. The summed E-state index contributed by atoms with van der Waals surface area (Å²) in [5.41, 5.74) is 23.9. The highest BCUT2D eigenvalue weighted by Crippen LogP contribution is 2.22. The Morgan fingerprint density at radius 2 is 1.83 bits per heavy atom. The molecule has 2 heterocycles. The van der Waals surface area contributed by atoms with Crippen molar-refractivity contribution in [2.75, 3.05) is 19.6 Å². The van der Waals surface area contributed by atoms with Crippen LogP contribution in [0.5, 0.6) is 0 Å². The number of nitrogens with two attached hydrogens (primary N) is 4. The van der Waals surface area contributed by atoms with Crippen LogP contribution in [0, 0.1) is 0 Å². The zero-order valence-corrected chi connectivity index (χ0v) is 23.8. The second kappa shape index (κ2) is 15.7. The van der Waals surface area contributed by atoms with Crippen LogP contribution < -0.4 is 33.6 Å². The van der Waals surface area contributed by atoms with Crippen molar-refractivity contribution in [2.45, 2.75) is 75.5 Å². The number of para-hydroxylation sites is 1. The zero-order valence-electron chi connectivity index (χ0n) is 23.8. The number of guanidine groups is 1. The summed E-state index contributed by atoms with van der Waals surface area (Å²) >= 11 is 0. The van der Waals surface area contributed by atoms with Gasteiger partial charge in [-0.05, 0) is 63.1 Å². The van der Waals surface area contributed by atoms with Crippen LogP contribution >= 0.6 is 0 Å². The topological polar surface area (TPSA) is 248 Å². The molecule has 0 aliphatic carbocycles. The Morgan fingerprint density at radius 1 is 1.07 bits per heavy atom. The van der Waals surface area contributed by atoms with E-state index in [9.17, 15) is 24.3 Å². The molecule has 1 aromatic heterocycles. The molecule has 0 radical (unpaired) electrons. The summed E-state index contributed by atoms with van der Waals surface area (Å²) in [6, 6.07) is 3.68. The first-order valence-electron chi connectivity index (χ1n) is 14.3. The average molecular weight is 586 g/mol. The number of aliphatic imine (C=N–C) groups is 1. The molecule has 4 atom stereocenters. The number of amides is 3. The van der Waals surface area contributed by atoms with Gasteiger partial charge >= 0.3 is 5.97 Å². The summed E-state index contributed by atoms with van der Waals surface area (Å²) in [5, 5.41) is 16.1. The Morgan fingerprint density at radius 3 is 2.55 bits per heavy atom. The lowest BCUT2D eigenvalue weighted by Crippen LogP contribution is -2.57. The Balaban J connectivity index is 1.67. The molecule has 0 saturated carbocycles. The van der Waals surface area contributed by atoms with E-state index < -0.39 is 47.9 Å². The van der Waals surface area contributed by atoms with Gasteiger partial charge in [-0.25, -0.2) is 4.79 Å². The number of aliphatic carboxylic acids is 1. The van der Waals surface area contributed by atoms with E-state index in [1.165, 1.54) is 4.90 Å². The predicted octanol–water partition coefficient (Wildman–Crippen LogP) is -0.734. The molecule has 1 fully saturated rings. The van der Waals surface area contributed by atoms with Gasteiger partial charge in [0, 0.05) is 36.6 Å². The molecule has 0 spiro atoms. The quantitative estimate of drug-likeness (QED) is 0.0701. The monoisotopic (exact) mass is 585 g/mol. The van der Waals surface area contributed by atoms with Crippen molar-refractivity contribution in [3.8, 4) is 0 Å². The summed E-state index contributed by atoms with van der Waals surface area (Å²) in [6.07, 6.45) is 5.12. The van der Waals surface area contributed by atoms with Gasteiger partial charge in [0.1, 0.15) is 18.1 Å². The number of carbonyl (C=O) groups excluding carboxylic acids is 3. The van der Waals surface area contributed by atoms with Crippen molar-refractivity contribution < 1.29 is 24.3 Å². The molecule has 2 aromatic rings. The van der Waals surface area contributed by atoms with Crippen LogP contribution in [0.3, 0.4) is 0 Å². The second-order valence-electron chi connectivity index (χ2n) is 10.6. The summed E-state index contributed by atoms with van der Waals surface area (Å²) < 4.78 is 0. The van der Waals surface area contributed by atoms with Crippen LogP contribution in [-0.2, 0) is 25.6 Å². The highest BCUT2D eigenvalue weighted by molar-refractivity contribution is 5.94. The van der Waals surface area contributed by atoms with E-state index in [0.29, 0.717) is 64.6 Å². The molecule has 230 valence electrons. The molecule has 14 nitrogen and oxygen atoms in total. The van der Waals surface area contributed by atoms with Crippen molar-refractivity contribution in [1.82, 2.24) is 20.5 Å². The van der Waals surface area contributed by atoms with Crippen molar-refractivity contribution in [2.24, 2.45) is 27.9 Å². The van der Waals surface area contributed by atoms with E-state index in [1.54, 1.807) is 6.20 Å². The number of aromatic nitrogens is 1. The Kier molecular flexibility index (Phi) is 12.1. The molecular weight excluding hydrogens is 542 g/mol. The average Bonchev–Trinajstić information content (AvgIpc) is 3.61. The SMILES string of the molecule is NCCCCC(NC(=O)C(N)CCCN=C(N)N)C(=O)N1CCCC1C(=O)NC(Cc1c[nH]c2ccccc12)C(=O)O. The molecular formula is C28H43N9O5. The predicted molar refractivity (Wildman–Crippen MR) is 159 cm³/mol. The summed E-state index contributed by atoms with van der Waals surface area (Å²) in [4.78, 5) is 60.4. The molecule has 42 heavy (non-hydrogen) atoms. The van der Waals surface area contributed by atoms with Gasteiger partial charge in [0.15, 0.2) is 5.96 Å². The minimum absolute atomic E-state index is 0.0459. The maximum atomic E-state index is 13.7. The van der Waals surface area contributed by atoms with E-state index in [2.05, 4.69) is 20.6 Å². The number of aromatic amines is 1. The van der Waals surface area contributed by atoms with E-state index >= 15 is 0 Å². The molecule has 3 rings (SSSR count). The lowest BCUT2D eigenvalue weighted by atomic mass is 10.0. The van der Waals surface area contributed by atoms with Crippen LogP contribution in [0.25, 0.3) is 10.9 Å². The van der Waals surface area contributed by atoms with Gasteiger partial charge in [-0.2, -0.15) is 0 Å². The molecule has 4 unspecified atom stereocenters. The number of unbranched alkanes of at least 4 members (excludes halogenated alkanes) is 1. The van der Waals surface area contributed by atoms with Gasteiger partial charge in [-0.1, -0.05) is 18.2 Å². The lowest BCUT2D eigenvalue weighted by molar-refractivity contribution is -0.145. The van der Waals surface area contributed by atoms with Gasteiger partial charge < -0.3 is 48.6 Å². The van der Waals surface area contributed by atoms with Crippen molar-refractivity contribution in [3.63, 3.8) is 0 Å². The van der Waals surface area contributed by atoms with Gasteiger partial charge in [0.2, 0.25) is 17.7 Å². The van der Waals surface area contributed by atoms with E-state index in [0.717, 1.165) is 16.5 Å². The van der Waals surface area contributed by atoms with Crippen LogP contribution in [0.1, 0.15) is 50.5 Å². The third kappa shape index (κ3) is 8.91. The molecule has 3 amide bonds. The smallest absolute Gasteiger partial charge is 0.326 e. The highest BCUT2D eigenvalue weighted by Gasteiger charge is 2.39. The van der Waals surface area contributed by atoms with E-state index in [-0.39, 0.29) is 12.4 Å². The number of hydrogen-bond donors (Lipinski definition) is 8. The van der Waals surface area contributed by atoms with Gasteiger partial charge in [-0.3, -0.25) is 19.4 Å². The molecule has 1 aromatic carbocycles. The number of rotatable bonds is 16. The van der Waals surface area contributed by atoms with Crippen molar-refractivity contribution >= 4 is 40.6 Å². The standard InChI is InChI=1S/C28H43N9O5/c29-12-4-3-10-21(35-24(38)19(30)8-5-13-33-28(31)32)26(40)37-14-6-11-23(37)25(39)36-22(27(41)42)15-17-16-34-20-9-2-1-7-18(17)20/h1-2,7,9,16,19,21-23,34H,3-6,8,10-15,29-30H2,(H,35,38)(H,36,39)(H,41,42)(H4,31,32,33). The number of H-pyrrole nitrogens is 1. The molecule has 1 saturated heterocycles. The third-order valence-electron chi connectivity index (χ3n) is 7.42. The van der Waals surface area contributed by atoms with Gasteiger partial charge in [-0.15, -0.1) is 0 Å². The van der Waals surface area contributed by atoms with Crippen molar-refractivity contribution in [1.29, 1.82) is 0 Å². The number of carboxylic acids is 1. The Hall–Kier alpha value is -4.17. The normalized spacial score (nSPS) is 16.9.